The third kappa shape index (κ3) is 4.31. The zero-order valence-electron chi connectivity index (χ0n) is 11.5. The Balaban J connectivity index is 2.90. The summed E-state index contributed by atoms with van der Waals surface area (Å²) >= 11 is 5.94. The molecular weight excluding hydrogens is 250 g/mol. The predicted molar refractivity (Wildman–Crippen MR) is 77.1 cm³/mol. The molecule has 0 atom stereocenters. The molecule has 0 aliphatic heterocycles. The molecule has 1 heterocycles. The summed E-state index contributed by atoms with van der Waals surface area (Å²) in [4.78, 5) is 12.4. The summed E-state index contributed by atoms with van der Waals surface area (Å²) in [7, 11) is 4.09. The first-order chi connectivity index (χ1) is 8.41. The maximum atomic E-state index is 5.95. The van der Waals surface area contributed by atoms with Crippen molar-refractivity contribution >= 4 is 23.1 Å². The first-order valence-corrected chi connectivity index (χ1v) is 6.45. The van der Waals surface area contributed by atoms with Gasteiger partial charge in [-0.25, -0.2) is 9.97 Å². The molecule has 0 saturated heterocycles. The molecule has 0 aliphatic carbocycles. The molecule has 0 fully saturated rings. The number of aromatic nitrogens is 2. The molecule has 0 saturated carbocycles. The second kappa shape index (κ2) is 6.75. The predicted octanol–water partition coefficient (Wildman–Crippen LogP) is 1.74. The monoisotopic (exact) mass is 271 g/mol. The van der Waals surface area contributed by atoms with Crippen LogP contribution in [-0.2, 0) is 0 Å². The number of nitrogens with zero attached hydrogens (tertiary/aromatic N) is 4. The lowest BCUT2D eigenvalue weighted by Crippen LogP contribution is -2.35. The van der Waals surface area contributed by atoms with Crippen molar-refractivity contribution in [3.8, 4) is 0 Å². The maximum absolute atomic E-state index is 5.95. The Morgan fingerprint density at radius 1 is 1.28 bits per heavy atom. The molecule has 5 nitrogen and oxygen atoms in total. The molecule has 0 aromatic carbocycles. The van der Waals surface area contributed by atoms with Crippen LogP contribution in [-0.4, -0.2) is 48.6 Å². The Bertz CT molecular complexity index is 381. The zero-order chi connectivity index (χ0) is 13.7. The molecule has 0 spiro atoms. The van der Waals surface area contributed by atoms with Crippen LogP contribution in [0, 0.1) is 5.92 Å². The van der Waals surface area contributed by atoms with Gasteiger partial charge in [-0.05, 0) is 20.0 Å². The van der Waals surface area contributed by atoms with E-state index in [1.807, 2.05) is 14.1 Å². The minimum absolute atomic E-state index is 0.318. The summed E-state index contributed by atoms with van der Waals surface area (Å²) in [5, 5.41) is 0.318. The average molecular weight is 272 g/mol. The van der Waals surface area contributed by atoms with Crippen molar-refractivity contribution in [1.82, 2.24) is 14.9 Å². The van der Waals surface area contributed by atoms with E-state index in [2.05, 4.69) is 33.6 Å². The van der Waals surface area contributed by atoms with Crippen LogP contribution in [0.1, 0.15) is 13.8 Å². The number of nitrogen functional groups attached to an aromatic ring is 1. The van der Waals surface area contributed by atoms with Crippen molar-refractivity contribution in [3.05, 3.63) is 11.5 Å². The highest BCUT2D eigenvalue weighted by molar-refractivity contribution is 6.32. The summed E-state index contributed by atoms with van der Waals surface area (Å²) in [6.45, 7) is 7.03. The van der Waals surface area contributed by atoms with Gasteiger partial charge < -0.3 is 15.5 Å². The quantitative estimate of drug-likeness (QED) is 0.799. The molecule has 1 aromatic rings. The SMILES string of the molecule is CC(C)CN(CCN(C)C)c1ncnc(Cl)c1N. The highest BCUT2D eigenvalue weighted by Crippen LogP contribution is 2.26. The summed E-state index contributed by atoms with van der Waals surface area (Å²) in [6, 6.07) is 0. The third-order valence-electron chi connectivity index (χ3n) is 2.52. The van der Waals surface area contributed by atoms with Gasteiger partial charge in [0.2, 0.25) is 0 Å². The van der Waals surface area contributed by atoms with E-state index in [1.165, 1.54) is 6.33 Å². The van der Waals surface area contributed by atoms with E-state index >= 15 is 0 Å². The molecule has 1 aromatic heterocycles. The molecule has 1 rings (SSSR count). The van der Waals surface area contributed by atoms with Crippen LogP contribution in [0.4, 0.5) is 11.5 Å². The maximum Gasteiger partial charge on any atom is 0.157 e. The Labute approximate surface area is 114 Å². The second-order valence-electron chi connectivity index (χ2n) is 5.04. The fourth-order valence-electron chi connectivity index (χ4n) is 1.66. The van der Waals surface area contributed by atoms with E-state index in [0.717, 1.165) is 25.5 Å². The fraction of sp³-hybridized carbons (Fsp3) is 0.667. The highest BCUT2D eigenvalue weighted by atomic mass is 35.5. The number of halogens is 1. The van der Waals surface area contributed by atoms with Gasteiger partial charge in [0, 0.05) is 19.6 Å². The standard InChI is InChI=1S/C12H22ClN5/c1-9(2)7-18(6-5-17(3)4)12-10(14)11(13)15-8-16-12/h8-9H,5-7,14H2,1-4H3. The largest absolute Gasteiger partial charge is 0.393 e. The van der Waals surface area contributed by atoms with Crippen LogP contribution >= 0.6 is 11.6 Å². The van der Waals surface area contributed by atoms with Crippen molar-refractivity contribution in [2.75, 3.05) is 44.4 Å². The summed E-state index contributed by atoms with van der Waals surface area (Å²) < 4.78 is 0. The molecule has 0 unspecified atom stereocenters. The Morgan fingerprint density at radius 2 is 1.94 bits per heavy atom. The summed E-state index contributed by atoms with van der Waals surface area (Å²) in [6.07, 6.45) is 1.46. The van der Waals surface area contributed by atoms with Gasteiger partial charge in [-0.15, -0.1) is 0 Å². The normalized spacial score (nSPS) is 11.3. The topological polar surface area (TPSA) is 58.3 Å². The second-order valence-corrected chi connectivity index (χ2v) is 5.40. The first kappa shape index (κ1) is 15.0. The van der Waals surface area contributed by atoms with Gasteiger partial charge in [-0.3, -0.25) is 0 Å². The first-order valence-electron chi connectivity index (χ1n) is 6.07. The van der Waals surface area contributed by atoms with Crippen LogP contribution in [0.2, 0.25) is 5.15 Å². The number of hydrogen-bond donors (Lipinski definition) is 1. The minimum Gasteiger partial charge on any atom is -0.393 e. The minimum atomic E-state index is 0.318. The fourth-order valence-corrected chi connectivity index (χ4v) is 1.79. The third-order valence-corrected chi connectivity index (χ3v) is 2.82. The Hall–Kier alpha value is -1.07. The number of likely N-dealkylation sites (N-methyl/N-ethyl adjacent to an activating group) is 1. The van der Waals surface area contributed by atoms with E-state index in [-0.39, 0.29) is 0 Å². The smallest absolute Gasteiger partial charge is 0.157 e. The van der Waals surface area contributed by atoms with Crippen LogP contribution in [0.25, 0.3) is 0 Å². The van der Waals surface area contributed by atoms with Gasteiger partial charge in [-0.2, -0.15) is 0 Å². The molecular formula is C12H22ClN5. The van der Waals surface area contributed by atoms with Crippen molar-refractivity contribution in [2.24, 2.45) is 5.92 Å². The average Bonchev–Trinajstić information content (AvgIpc) is 2.27. The lowest BCUT2D eigenvalue weighted by molar-refractivity contribution is 0.408. The van der Waals surface area contributed by atoms with Crippen molar-refractivity contribution in [2.45, 2.75) is 13.8 Å². The lowest BCUT2D eigenvalue weighted by atomic mass is 10.2. The summed E-state index contributed by atoms with van der Waals surface area (Å²) in [5.41, 5.74) is 6.41. The molecule has 102 valence electrons. The van der Waals surface area contributed by atoms with E-state index in [9.17, 15) is 0 Å². The van der Waals surface area contributed by atoms with Gasteiger partial charge in [0.25, 0.3) is 0 Å². The van der Waals surface area contributed by atoms with E-state index < -0.39 is 0 Å². The van der Waals surface area contributed by atoms with Gasteiger partial charge in [0.1, 0.15) is 12.0 Å². The molecule has 18 heavy (non-hydrogen) atoms. The molecule has 0 bridgehead atoms. The number of hydrogen-bond acceptors (Lipinski definition) is 5. The highest BCUT2D eigenvalue weighted by Gasteiger charge is 2.15. The van der Waals surface area contributed by atoms with Crippen molar-refractivity contribution in [3.63, 3.8) is 0 Å². The van der Waals surface area contributed by atoms with E-state index in [0.29, 0.717) is 16.8 Å². The van der Waals surface area contributed by atoms with Crippen molar-refractivity contribution < 1.29 is 0 Å². The van der Waals surface area contributed by atoms with Gasteiger partial charge >= 0.3 is 0 Å². The van der Waals surface area contributed by atoms with Crippen LogP contribution in [0.5, 0.6) is 0 Å². The number of nitrogens with two attached hydrogens (primary N) is 1. The Kier molecular flexibility index (Phi) is 5.62. The van der Waals surface area contributed by atoms with Crippen LogP contribution in [0.15, 0.2) is 6.33 Å². The molecule has 2 N–H and O–H groups in total. The zero-order valence-corrected chi connectivity index (χ0v) is 12.3. The van der Waals surface area contributed by atoms with E-state index in [1.54, 1.807) is 0 Å². The number of rotatable bonds is 6. The van der Waals surface area contributed by atoms with Crippen molar-refractivity contribution in [1.29, 1.82) is 0 Å². The van der Waals surface area contributed by atoms with E-state index in [4.69, 9.17) is 17.3 Å². The Morgan fingerprint density at radius 3 is 2.50 bits per heavy atom. The van der Waals surface area contributed by atoms with Crippen LogP contribution < -0.4 is 10.6 Å². The van der Waals surface area contributed by atoms with Gasteiger partial charge in [0.15, 0.2) is 11.0 Å². The molecule has 0 aliphatic rings. The molecule has 0 radical (unpaired) electrons. The lowest BCUT2D eigenvalue weighted by Gasteiger charge is -2.28. The van der Waals surface area contributed by atoms with Crippen LogP contribution in [0.3, 0.4) is 0 Å². The van der Waals surface area contributed by atoms with Gasteiger partial charge in [-0.1, -0.05) is 25.4 Å². The number of anilines is 2. The molecule has 6 heteroatoms. The summed E-state index contributed by atoms with van der Waals surface area (Å²) in [5.74, 6) is 1.26. The van der Waals surface area contributed by atoms with Gasteiger partial charge in [0.05, 0.1) is 0 Å². The molecule has 0 amide bonds.